The smallest absolute Gasteiger partial charge is 0.163 e. The summed E-state index contributed by atoms with van der Waals surface area (Å²) in [4.78, 5) is 11.5. The molecule has 94 valence electrons. The van der Waals surface area contributed by atoms with E-state index in [0.29, 0.717) is 30.1 Å². The summed E-state index contributed by atoms with van der Waals surface area (Å²) in [6, 6.07) is 6.97. The highest BCUT2D eigenvalue weighted by molar-refractivity contribution is 5.97. The molecule has 4 heteroatoms. The first-order valence-corrected chi connectivity index (χ1v) is 6.00. The predicted octanol–water partition coefficient (Wildman–Crippen LogP) is 2.32. The Kier molecular flexibility index (Phi) is 3.96. The second kappa shape index (κ2) is 5.65. The molecule has 0 bridgehead atoms. The number of carbonyl (C=O) groups is 1. The molecular formula is C14H15NO3. The summed E-state index contributed by atoms with van der Waals surface area (Å²) in [6.45, 7) is 2.86. The second-order valence-electron chi connectivity index (χ2n) is 4.31. The molecule has 0 saturated carbocycles. The third-order valence-corrected chi connectivity index (χ3v) is 2.95. The predicted molar refractivity (Wildman–Crippen MR) is 65.6 cm³/mol. The fraction of sp³-hybridized carbons (Fsp3) is 0.429. The first-order chi connectivity index (χ1) is 8.70. The van der Waals surface area contributed by atoms with Crippen LogP contribution in [0.2, 0.25) is 0 Å². The fourth-order valence-corrected chi connectivity index (χ4v) is 1.95. The minimum absolute atomic E-state index is 0.0541. The molecule has 1 heterocycles. The molecule has 0 radical (unpaired) electrons. The lowest BCUT2D eigenvalue weighted by Gasteiger charge is -2.24. The maximum absolute atomic E-state index is 11.5. The van der Waals surface area contributed by atoms with Crippen LogP contribution < -0.4 is 4.74 Å². The lowest BCUT2D eigenvalue weighted by atomic mass is 10.1. The third kappa shape index (κ3) is 2.88. The lowest BCUT2D eigenvalue weighted by molar-refractivity contribution is 0.0252. The summed E-state index contributed by atoms with van der Waals surface area (Å²) in [7, 11) is 0. The Morgan fingerprint density at radius 2 is 2.17 bits per heavy atom. The average molecular weight is 245 g/mol. The molecule has 1 aliphatic heterocycles. The van der Waals surface area contributed by atoms with Crippen molar-refractivity contribution in [3.63, 3.8) is 0 Å². The Morgan fingerprint density at radius 1 is 1.44 bits per heavy atom. The number of hydrogen-bond acceptors (Lipinski definition) is 4. The normalized spacial score (nSPS) is 16.0. The van der Waals surface area contributed by atoms with Crippen molar-refractivity contribution in [2.75, 3.05) is 13.2 Å². The van der Waals surface area contributed by atoms with Gasteiger partial charge in [0, 0.05) is 12.8 Å². The van der Waals surface area contributed by atoms with E-state index in [1.165, 1.54) is 6.92 Å². The van der Waals surface area contributed by atoms with E-state index in [1.54, 1.807) is 18.2 Å². The average Bonchev–Trinajstić information content (AvgIpc) is 2.39. The van der Waals surface area contributed by atoms with Gasteiger partial charge < -0.3 is 9.47 Å². The number of carbonyl (C=O) groups excluding carboxylic acids is 1. The van der Waals surface area contributed by atoms with Crippen LogP contribution in [0, 0.1) is 11.3 Å². The number of Topliss-reactive ketones (excluding diaryl/α,β-unsaturated/α-hetero) is 1. The zero-order valence-corrected chi connectivity index (χ0v) is 10.3. The molecular weight excluding hydrogens is 230 g/mol. The number of ether oxygens (including phenoxy) is 2. The molecule has 0 unspecified atom stereocenters. The maximum Gasteiger partial charge on any atom is 0.163 e. The molecule has 0 aromatic heterocycles. The summed E-state index contributed by atoms with van der Waals surface area (Å²) in [6.07, 6.45) is 1.69. The van der Waals surface area contributed by atoms with Gasteiger partial charge in [0.05, 0.1) is 30.4 Å². The Hall–Kier alpha value is -1.86. The van der Waals surface area contributed by atoms with Crippen LogP contribution in [-0.4, -0.2) is 25.1 Å². The number of hydrogen-bond donors (Lipinski definition) is 0. The van der Waals surface area contributed by atoms with Crippen LogP contribution in [0.4, 0.5) is 0 Å². The topological polar surface area (TPSA) is 59.3 Å². The van der Waals surface area contributed by atoms with Gasteiger partial charge in [-0.15, -0.1) is 0 Å². The van der Waals surface area contributed by atoms with Crippen LogP contribution in [0.15, 0.2) is 18.2 Å². The van der Waals surface area contributed by atoms with Crippen molar-refractivity contribution in [1.29, 1.82) is 5.26 Å². The zero-order valence-electron chi connectivity index (χ0n) is 10.3. The Morgan fingerprint density at radius 3 is 2.78 bits per heavy atom. The van der Waals surface area contributed by atoms with E-state index < -0.39 is 0 Å². The first-order valence-electron chi connectivity index (χ1n) is 6.00. The van der Waals surface area contributed by atoms with E-state index >= 15 is 0 Å². The highest BCUT2D eigenvalue weighted by atomic mass is 16.5. The van der Waals surface area contributed by atoms with Crippen LogP contribution in [0.25, 0.3) is 0 Å². The highest BCUT2D eigenvalue weighted by Crippen LogP contribution is 2.24. The molecule has 1 saturated heterocycles. The summed E-state index contributed by atoms with van der Waals surface area (Å²) >= 11 is 0. The largest absolute Gasteiger partial charge is 0.489 e. The molecule has 0 N–H and O–H groups in total. The molecule has 1 aromatic carbocycles. The van der Waals surface area contributed by atoms with Crippen molar-refractivity contribution in [1.82, 2.24) is 0 Å². The molecule has 0 spiro atoms. The summed E-state index contributed by atoms with van der Waals surface area (Å²) in [5.74, 6) is 0.454. The van der Waals surface area contributed by atoms with Crippen molar-refractivity contribution >= 4 is 5.78 Å². The van der Waals surface area contributed by atoms with Crippen LogP contribution in [0.1, 0.15) is 35.7 Å². The van der Waals surface area contributed by atoms with Crippen LogP contribution in [-0.2, 0) is 4.74 Å². The SMILES string of the molecule is CC(=O)c1ccc(C#N)cc1OC1CCOCC1. The maximum atomic E-state index is 11.5. The van der Waals surface area contributed by atoms with Gasteiger partial charge in [-0.1, -0.05) is 0 Å². The van der Waals surface area contributed by atoms with Crippen molar-refractivity contribution in [2.45, 2.75) is 25.9 Å². The fourth-order valence-electron chi connectivity index (χ4n) is 1.95. The molecule has 1 aromatic rings. The van der Waals surface area contributed by atoms with Gasteiger partial charge in [-0.25, -0.2) is 0 Å². The van der Waals surface area contributed by atoms with Crippen molar-refractivity contribution in [3.05, 3.63) is 29.3 Å². The second-order valence-corrected chi connectivity index (χ2v) is 4.31. The minimum atomic E-state index is -0.0541. The molecule has 0 atom stereocenters. The number of rotatable bonds is 3. The van der Waals surface area contributed by atoms with Gasteiger partial charge in [-0.05, 0) is 25.1 Å². The molecule has 2 rings (SSSR count). The lowest BCUT2D eigenvalue weighted by Crippen LogP contribution is -2.26. The van der Waals surface area contributed by atoms with Gasteiger partial charge in [0.2, 0.25) is 0 Å². The van der Waals surface area contributed by atoms with E-state index in [2.05, 4.69) is 6.07 Å². The van der Waals surface area contributed by atoms with E-state index in [4.69, 9.17) is 14.7 Å². The van der Waals surface area contributed by atoms with E-state index in [1.807, 2.05) is 0 Å². The summed E-state index contributed by atoms with van der Waals surface area (Å²) < 4.78 is 11.1. The molecule has 1 fully saturated rings. The van der Waals surface area contributed by atoms with Crippen molar-refractivity contribution in [3.8, 4) is 11.8 Å². The minimum Gasteiger partial charge on any atom is -0.489 e. The molecule has 18 heavy (non-hydrogen) atoms. The molecule has 0 amide bonds. The van der Waals surface area contributed by atoms with Gasteiger partial charge in [-0.2, -0.15) is 5.26 Å². The first kappa shape index (κ1) is 12.6. The summed E-state index contributed by atoms with van der Waals surface area (Å²) in [5.41, 5.74) is 1.03. The summed E-state index contributed by atoms with van der Waals surface area (Å²) in [5, 5.41) is 8.89. The zero-order chi connectivity index (χ0) is 13.0. The number of ketones is 1. The van der Waals surface area contributed by atoms with Crippen LogP contribution in [0.5, 0.6) is 5.75 Å². The Bertz CT molecular complexity index is 484. The molecule has 1 aliphatic rings. The Balaban J connectivity index is 2.23. The van der Waals surface area contributed by atoms with Gasteiger partial charge in [0.15, 0.2) is 5.78 Å². The number of nitriles is 1. The van der Waals surface area contributed by atoms with Crippen molar-refractivity contribution < 1.29 is 14.3 Å². The quantitative estimate of drug-likeness (QED) is 0.767. The standard InChI is InChI=1S/C14H15NO3/c1-10(16)13-3-2-11(9-15)8-14(13)18-12-4-6-17-7-5-12/h2-3,8,12H,4-7H2,1H3. The van der Waals surface area contributed by atoms with E-state index in [0.717, 1.165) is 12.8 Å². The molecule has 4 nitrogen and oxygen atoms in total. The highest BCUT2D eigenvalue weighted by Gasteiger charge is 2.18. The number of nitrogens with zero attached hydrogens (tertiary/aromatic N) is 1. The van der Waals surface area contributed by atoms with E-state index in [9.17, 15) is 4.79 Å². The van der Waals surface area contributed by atoms with Crippen LogP contribution in [0.3, 0.4) is 0 Å². The van der Waals surface area contributed by atoms with Gasteiger partial charge in [0.25, 0.3) is 0 Å². The third-order valence-electron chi connectivity index (χ3n) is 2.95. The van der Waals surface area contributed by atoms with Crippen molar-refractivity contribution in [2.24, 2.45) is 0 Å². The van der Waals surface area contributed by atoms with E-state index in [-0.39, 0.29) is 11.9 Å². The van der Waals surface area contributed by atoms with Gasteiger partial charge >= 0.3 is 0 Å². The van der Waals surface area contributed by atoms with Gasteiger partial charge in [-0.3, -0.25) is 4.79 Å². The number of benzene rings is 1. The van der Waals surface area contributed by atoms with Crippen LogP contribution >= 0.6 is 0 Å². The Labute approximate surface area is 106 Å². The van der Waals surface area contributed by atoms with Gasteiger partial charge in [0.1, 0.15) is 11.9 Å². The molecule has 0 aliphatic carbocycles. The monoisotopic (exact) mass is 245 g/mol.